The van der Waals surface area contributed by atoms with Crippen LogP contribution in [0.1, 0.15) is 123 Å². The summed E-state index contributed by atoms with van der Waals surface area (Å²) < 4.78 is 22.6. The highest BCUT2D eigenvalue weighted by Gasteiger charge is 2.44. The number of unbranched alkanes of at least 4 members (excludes halogenated alkanes) is 9. The molecule has 1 heterocycles. The number of ether oxygens (including phenoxy) is 4. The Morgan fingerprint density at radius 3 is 1.84 bits per heavy atom. The van der Waals surface area contributed by atoms with Gasteiger partial charge in [0, 0.05) is 13.0 Å². The summed E-state index contributed by atoms with van der Waals surface area (Å²) >= 11 is 0. The molecule has 49 heavy (non-hydrogen) atoms. The van der Waals surface area contributed by atoms with Gasteiger partial charge in [0.05, 0.1) is 19.8 Å². The maximum Gasteiger partial charge on any atom is 0.306 e. The van der Waals surface area contributed by atoms with Gasteiger partial charge in [-0.15, -0.1) is 0 Å². The lowest BCUT2D eigenvalue weighted by Crippen LogP contribution is -2.59. The van der Waals surface area contributed by atoms with Gasteiger partial charge < -0.3 is 39.4 Å². The molecule has 0 bridgehead atoms. The lowest BCUT2D eigenvalue weighted by molar-refractivity contribution is -0.305. The summed E-state index contributed by atoms with van der Waals surface area (Å²) in [6.07, 6.45) is 31.2. The molecule has 6 atom stereocenters. The van der Waals surface area contributed by atoms with Crippen LogP contribution < -0.4 is 0 Å². The van der Waals surface area contributed by atoms with Gasteiger partial charge in [0.2, 0.25) is 0 Å². The van der Waals surface area contributed by atoms with Crippen LogP contribution >= 0.6 is 0 Å². The van der Waals surface area contributed by atoms with E-state index in [-0.39, 0.29) is 19.2 Å². The monoisotopic (exact) mass is 692 g/mol. The summed E-state index contributed by atoms with van der Waals surface area (Å²) in [6, 6.07) is 0. The minimum atomic E-state index is -1.54. The van der Waals surface area contributed by atoms with Crippen LogP contribution in [-0.2, 0) is 23.7 Å². The number of rotatable bonds is 30. The van der Waals surface area contributed by atoms with E-state index >= 15 is 0 Å². The molecule has 6 unspecified atom stereocenters. The van der Waals surface area contributed by atoms with Crippen LogP contribution in [-0.4, -0.2) is 89.6 Å². The molecule has 1 saturated heterocycles. The number of carbonyl (C=O) groups excluding carboxylic acids is 1. The highest BCUT2D eigenvalue weighted by Crippen LogP contribution is 2.22. The summed E-state index contributed by atoms with van der Waals surface area (Å²) in [5.74, 6) is -0.338. The maximum atomic E-state index is 12.6. The lowest BCUT2D eigenvalue weighted by Gasteiger charge is -2.39. The van der Waals surface area contributed by atoms with E-state index < -0.39 is 43.4 Å². The summed E-state index contributed by atoms with van der Waals surface area (Å²) in [4.78, 5) is 12.6. The molecule has 0 saturated carbocycles. The third kappa shape index (κ3) is 23.8. The Morgan fingerprint density at radius 2 is 1.24 bits per heavy atom. The number of hydrogen-bond donors (Lipinski definition) is 4. The van der Waals surface area contributed by atoms with Crippen molar-refractivity contribution in [3.05, 3.63) is 60.8 Å². The predicted octanol–water partition coefficient (Wildman–Crippen LogP) is 7.18. The molecule has 0 aromatic carbocycles. The van der Waals surface area contributed by atoms with Gasteiger partial charge in [0.25, 0.3) is 0 Å². The second kappa shape index (κ2) is 31.8. The second-order valence-corrected chi connectivity index (χ2v) is 12.6. The molecule has 1 rings (SSSR count). The highest BCUT2D eigenvalue weighted by molar-refractivity contribution is 5.69. The first kappa shape index (κ1) is 44.9. The fraction of sp³-hybridized carbons (Fsp3) is 0.725. The topological polar surface area (TPSA) is 135 Å². The Kier molecular flexibility index (Phi) is 29.2. The van der Waals surface area contributed by atoms with Crippen molar-refractivity contribution in [1.29, 1.82) is 0 Å². The van der Waals surface area contributed by atoms with Gasteiger partial charge in [-0.05, 0) is 57.8 Å². The summed E-state index contributed by atoms with van der Waals surface area (Å²) in [7, 11) is 0. The molecule has 0 radical (unpaired) electrons. The Morgan fingerprint density at radius 1 is 0.673 bits per heavy atom. The summed E-state index contributed by atoms with van der Waals surface area (Å²) in [5, 5.41) is 39.9. The van der Waals surface area contributed by atoms with Crippen LogP contribution in [0.2, 0.25) is 0 Å². The van der Waals surface area contributed by atoms with Crippen LogP contribution in [0.25, 0.3) is 0 Å². The normalized spacial score (nSPS) is 22.4. The van der Waals surface area contributed by atoms with E-state index in [1.54, 1.807) is 0 Å². The first-order chi connectivity index (χ1) is 23.9. The predicted molar refractivity (Wildman–Crippen MR) is 196 cm³/mol. The van der Waals surface area contributed by atoms with E-state index in [0.29, 0.717) is 13.0 Å². The molecule has 9 nitrogen and oxygen atoms in total. The largest absolute Gasteiger partial charge is 0.457 e. The first-order valence-electron chi connectivity index (χ1n) is 18.9. The van der Waals surface area contributed by atoms with Crippen LogP contribution in [0.5, 0.6) is 0 Å². The van der Waals surface area contributed by atoms with Gasteiger partial charge in [-0.3, -0.25) is 4.79 Å². The second-order valence-electron chi connectivity index (χ2n) is 12.6. The Labute approximate surface area is 296 Å². The van der Waals surface area contributed by atoms with Crippen LogP contribution in [0, 0.1) is 0 Å². The van der Waals surface area contributed by atoms with Gasteiger partial charge in [-0.2, -0.15) is 0 Å². The number of carbonyl (C=O) groups is 1. The molecule has 0 amide bonds. The molecule has 0 aliphatic carbocycles. The molecule has 0 spiro atoms. The van der Waals surface area contributed by atoms with Crippen molar-refractivity contribution in [3.8, 4) is 0 Å². The molecular formula is C40H68O9. The standard InChI is InChI=1S/C40H68O9/c1-3-5-7-9-11-13-14-15-16-17-18-19-20-21-22-24-26-28-30-46-32-34(48-36(42)29-27-25-23-12-10-8-6-4-2)33-47-40-39(45)38(44)37(43)35(31-41)49-40/h5,7,11,13,15-16,18-19,21-22,34-35,37-41,43-45H,3-4,6,8-10,12,14,17,20,23-33H2,1-2H3/b7-5-,13-11-,16-15-,19-18-,22-21-. The van der Waals surface area contributed by atoms with Crippen molar-refractivity contribution in [3.63, 3.8) is 0 Å². The first-order valence-corrected chi connectivity index (χ1v) is 18.9. The number of allylic oxidation sites excluding steroid dienone is 10. The van der Waals surface area contributed by atoms with Crippen molar-refractivity contribution in [2.75, 3.05) is 26.4 Å². The fourth-order valence-corrected chi connectivity index (χ4v) is 5.22. The van der Waals surface area contributed by atoms with Crippen LogP contribution in [0.3, 0.4) is 0 Å². The molecule has 0 aromatic heterocycles. The number of aliphatic hydroxyl groups excluding tert-OH is 4. The molecule has 1 fully saturated rings. The van der Waals surface area contributed by atoms with Gasteiger partial charge in [0.1, 0.15) is 30.5 Å². The molecule has 1 aliphatic heterocycles. The quantitative estimate of drug-likeness (QED) is 0.0351. The van der Waals surface area contributed by atoms with Crippen molar-refractivity contribution < 1.29 is 44.2 Å². The molecule has 1 aliphatic rings. The minimum Gasteiger partial charge on any atom is -0.457 e. The Bertz CT molecular complexity index is 927. The smallest absolute Gasteiger partial charge is 0.306 e. The summed E-state index contributed by atoms with van der Waals surface area (Å²) in [6.45, 7) is 4.27. The van der Waals surface area contributed by atoms with Gasteiger partial charge in [0.15, 0.2) is 6.29 Å². The number of hydrogen-bond acceptors (Lipinski definition) is 9. The van der Waals surface area contributed by atoms with E-state index in [1.165, 1.54) is 32.1 Å². The number of esters is 1. The molecule has 282 valence electrons. The van der Waals surface area contributed by atoms with Crippen LogP contribution in [0.4, 0.5) is 0 Å². The third-order valence-electron chi connectivity index (χ3n) is 8.20. The zero-order valence-corrected chi connectivity index (χ0v) is 30.4. The van der Waals surface area contributed by atoms with Crippen molar-refractivity contribution in [2.24, 2.45) is 0 Å². The molecule has 0 aromatic rings. The van der Waals surface area contributed by atoms with E-state index in [4.69, 9.17) is 18.9 Å². The van der Waals surface area contributed by atoms with Crippen LogP contribution in [0.15, 0.2) is 60.8 Å². The van der Waals surface area contributed by atoms with E-state index in [2.05, 4.69) is 74.6 Å². The van der Waals surface area contributed by atoms with Gasteiger partial charge in [-0.25, -0.2) is 0 Å². The zero-order valence-electron chi connectivity index (χ0n) is 30.4. The van der Waals surface area contributed by atoms with Crippen molar-refractivity contribution in [2.45, 2.75) is 160 Å². The molecule has 9 heteroatoms. The lowest BCUT2D eigenvalue weighted by atomic mass is 9.99. The third-order valence-corrected chi connectivity index (χ3v) is 8.20. The maximum absolute atomic E-state index is 12.6. The Balaban J connectivity index is 2.35. The molecular weight excluding hydrogens is 624 g/mol. The van der Waals surface area contributed by atoms with Crippen molar-refractivity contribution >= 4 is 5.97 Å². The fourth-order valence-electron chi connectivity index (χ4n) is 5.22. The SMILES string of the molecule is CC/C=C\C/C=C\C/C=C\C/C=C\C/C=C\CCCCOCC(COC1OC(CO)C(O)C(O)C1O)OC(=O)CCCCCCCCCC. The van der Waals surface area contributed by atoms with Gasteiger partial charge >= 0.3 is 5.97 Å². The minimum absolute atomic E-state index is 0.113. The average Bonchev–Trinajstić information content (AvgIpc) is 3.10. The van der Waals surface area contributed by atoms with E-state index in [1.807, 2.05) is 0 Å². The van der Waals surface area contributed by atoms with E-state index in [9.17, 15) is 25.2 Å². The van der Waals surface area contributed by atoms with Crippen molar-refractivity contribution in [1.82, 2.24) is 0 Å². The zero-order chi connectivity index (χ0) is 35.8. The van der Waals surface area contributed by atoms with E-state index in [0.717, 1.165) is 70.6 Å². The summed E-state index contributed by atoms with van der Waals surface area (Å²) in [5.41, 5.74) is 0. The molecule has 4 N–H and O–H groups in total. The Hall–Kier alpha value is -2.11. The highest BCUT2D eigenvalue weighted by atomic mass is 16.7. The number of aliphatic hydroxyl groups is 4. The van der Waals surface area contributed by atoms with Gasteiger partial charge in [-0.1, -0.05) is 120 Å². The average molecular weight is 693 g/mol.